The molecular weight excluding hydrogens is 380 g/mol. The molecule has 152 valence electrons. The second-order valence-corrected chi connectivity index (χ2v) is 8.18. The van der Waals surface area contributed by atoms with Crippen LogP contribution in [0.15, 0.2) is 30.5 Å². The Kier molecular flexibility index (Phi) is 6.91. The van der Waals surface area contributed by atoms with Crippen molar-refractivity contribution in [3.8, 4) is 11.6 Å². The smallest absolute Gasteiger partial charge is 0.229 e. The van der Waals surface area contributed by atoms with E-state index in [1.54, 1.807) is 30.5 Å². The van der Waals surface area contributed by atoms with Gasteiger partial charge < -0.3 is 19.9 Å². The van der Waals surface area contributed by atoms with Crippen molar-refractivity contribution >= 4 is 23.2 Å². The first-order chi connectivity index (χ1) is 13.0. The van der Waals surface area contributed by atoms with E-state index in [2.05, 4.69) is 10.3 Å². The standard InChI is InChI=1S/C21H27ClN2O4/c1-12(2)28-16-11-13(22)10-15(17(16)24-20(26)21(3,4)5)18(25)14-8-7-9-23-19(14)27-6/h7-12,18,25H,1-6H3,(H,24,26)/t18-/m1/s1. The molecule has 0 saturated heterocycles. The van der Waals surface area contributed by atoms with Crippen LogP contribution in [-0.4, -0.2) is 29.2 Å². The van der Waals surface area contributed by atoms with E-state index in [0.717, 1.165) is 0 Å². The minimum absolute atomic E-state index is 0.151. The molecule has 1 amide bonds. The van der Waals surface area contributed by atoms with Crippen LogP contribution in [0.1, 0.15) is 51.8 Å². The monoisotopic (exact) mass is 406 g/mol. The lowest BCUT2D eigenvalue weighted by molar-refractivity contribution is -0.123. The summed E-state index contributed by atoms with van der Waals surface area (Å²) in [5, 5.41) is 14.4. The number of aliphatic hydroxyl groups is 1. The van der Waals surface area contributed by atoms with Gasteiger partial charge in [0.1, 0.15) is 11.9 Å². The Balaban J connectivity index is 2.64. The van der Waals surface area contributed by atoms with Crippen molar-refractivity contribution in [2.75, 3.05) is 12.4 Å². The Morgan fingerprint density at radius 2 is 1.93 bits per heavy atom. The molecule has 2 aromatic rings. The molecule has 1 aromatic carbocycles. The largest absolute Gasteiger partial charge is 0.489 e. The molecule has 0 spiro atoms. The molecule has 1 atom stereocenters. The number of halogens is 1. The zero-order valence-electron chi connectivity index (χ0n) is 17.0. The van der Waals surface area contributed by atoms with Gasteiger partial charge in [0.2, 0.25) is 11.8 Å². The maximum atomic E-state index is 12.7. The fourth-order valence-corrected chi connectivity index (χ4v) is 2.77. The van der Waals surface area contributed by atoms with Gasteiger partial charge in [-0.05, 0) is 32.0 Å². The van der Waals surface area contributed by atoms with Crippen LogP contribution in [0.5, 0.6) is 11.6 Å². The van der Waals surface area contributed by atoms with Crippen LogP contribution in [0, 0.1) is 5.41 Å². The van der Waals surface area contributed by atoms with E-state index in [4.69, 9.17) is 21.1 Å². The first-order valence-corrected chi connectivity index (χ1v) is 9.41. The van der Waals surface area contributed by atoms with Gasteiger partial charge in [-0.25, -0.2) is 4.98 Å². The Labute approximate surface area is 170 Å². The number of aromatic nitrogens is 1. The highest BCUT2D eigenvalue weighted by Crippen LogP contribution is 2.41. The molecule has 0 fully saturated rings. The molecule has 2 rings (SSSR count). The molecule has 1 aromatic heterocycles. The second-order valence-electron chi connectivity index (χ2n) is 7.74. The summed E-state index contributed by atoms with van der Waals surface area (Å²) >= 11 is 6.29. The number of carbonyl (C=O) groups is 1. The normalized spacial score (nSPS) is 12.6. The zero-order valence-corrected chi connectivity index (χ0v) is 17.8. The minimum Gasteiger partial charge on any atom is -0.489 e. The van der Waals surface area contributed by atoms with Crippen LogP contribution in [-0.2, 0) is 4.79 Å². The molecule has 1 heterocycles. The SMILES string of the molecule is COc1ncccc1[C@@H](O)c1cc(Cl)cc(OC(C)C)c1NC(=O)C(C)(C)C. The number of carbonyl (C=O) groups excluding carboxylic acids is 1. The Bertz CT molecular complexity index is 847. The highest BCUT2D eigenvalue weighted by atomic mass is 35.5. The number of amides is 1. The third kappa shape index (κ3) is 5.14. The summed E-state index contributed by atoms with van der Waals surface area (Å²) in [6.07, 6.45) is 0.289. The lowest BCUT2D eigenvalue weighted by Gasteiger charge is -2.25. The van der Waals surface area contributed by atoms with Crippen molar-refractivity contribution in [1.82, 2.24) is 4.98 Å². The number of ether oxygens (including phenoxy) is 2. The van der Waals surface area contributed by atoms with Gasteiger partial charge in [0.25, 0.3) is 0 Å². The van der Waals surface area contributed by atoms with Crippen molar-refractivity contribution in [1.29, 1.82) is 0 Å². The molecule has 0 bridgehead atoms. The molecule has 0 radical (unpaired) electrons. The highest BCUT2D eigenvalue weighted by Gasteiger charge is 2.28. The molecular formula is C21H27ClN2O4. The lowest BCUT2D eigenvalue weighted by atomic mass is 9.94. The lowest BCUT2D eigenvalue weighted by Crippen LogP contribution is -2.29. The second kappa shape index (κ2) is 8.80. The van der Waals surface area contributed by atoms with Crippen molar-refractivity contribution in [2.24, 2.45) is 5.41 Å². The third-order valence-electron chi connectivity index (χ3n) is 3.96. The predicted octanol–water partition coefficient (Wildman–Crippen LogP) is 4.60. The number of methoxy groups -OCH3 is 1. The third-order valence-corrected chi connectivity index (χ3v) is 4.18. The number of rotatable bonds is 6. The quantitative estimate of drug-likeness (QED) is 0.732. The molecule has 0 aliphatic heterocycles. The molecule has 0 aliphatic carbocycles. The maximum absolute atomic E-state index is 12.7. The molecule has 7 heteroatoms. The van der Waals surface area contributed by atoms with Crippen LogP contribution in [0.3, 0.4) is 0 Å². The number of hydrogen-bond donors (Lipinski definition) is 2. The number of benzene rings is 1. The van der Waals surface area contributed by atoms with E-state index in [1.807, 2.05) is 34.6 Å². The van der Waals surface area contributed by atoms with Gasteiger partial charge in [-0.15, -0.1) is 0 Å². The molecule has 6 nitrogen and oxygen atoms in total. The van der Waals surface area contributed by atoms with Crippen LogP contribution < -0.4 is 14.8 Å². The van der Waals surface area contributed by atoms with Crippen molar-refractivity contribution in [3.63, 3.8) is 0 Å². The fourth-order valence-electron chi connectivity index (χ4n) is 2.55. The summed E-state index contributed by atoms with van der Waals surface area (Å²) in [5.41, 5.74) is 0.584. The first-order valence-electron chi connectivity index (χ1n) is 9.03. The van der Waals surface area contributed by atoms with Gasteiger partial charge >= 0.3 is 0 Å². The van der Waals surface area contributed by atoms with Gasteiger partial charge in [-0.3, -0.25) is 4.79 Å². The number of hydrogen-bond acceptors (Lipinski definition) is 5. The molecule has 0 unspecified atom stereocenters. The van der Waals surface area contributed by atoms with E-state index >= 15 is 0 Å². The van der Waals surface area contributed by atoms with Crippen LogP contribution in [0.25, 0.3) is 0 Å². The predicted molar refractivity (Wildman–Crippen MR) is 110 cm³/mol. The van der Waals surface area contributed by atoms with Crippen LogP contribution in [0.4, 0.5) is 5.69 Å². The van der Waals surface area contributed by atoms with Gasteiger partial charge in [0.05, 0.1) is 18.9 Å². The number of nitrogens with one attached hydrogen (secondary N) is 1. The number of aliphatic hydroxyl groups excluding tert-OH is 1. The average Bonchev–Trinajstić information content (AvgIpc) is 2.61. The Morgan fingerprint density at radius 1 is 1.25 bits per heavy atom. The van der Waals surface area contributed by atoms with E-state index in [-0.39, 0.29) is 17.9 Å². The Morgan fingerprint density at radius 3 is 2.50 bits per heavy atom. The first kappa shape index (κ1) is 22.0. The summed E-state index contributed by atoms with van der Waals surface area (Å²) in [7, 11) is 1.48. The summed E-state index contributed by atoms with van der Waals surface area (Å²) < 4.78 is 11.1. The number of anilines is 1. The topological polar surface area (TPSA) is 80.7 Å². The van der Waals surface area contributed by atoms with Crippen molar-refractivity contribution < 1.29 is 19.4 Å². The van der Waals surface area contributed by atoms with Gasteiger partial charge in [0, 0.05) is 33.8 Å². The highest BCUT2D eigenvalue weighted by molar-refractivity contribution is 6.31. The van der Waals surface area contributed by atoms with E-state index in [1.165, 1.54) is 7.11 Å². The fraction of sp³-hybridized carbons (Fsp3) is 0.429. The van der Waals surface area contributed by atoms with Gasteiger partial charge in [-0.2, -0.15) is 0 Å². The van der Waals surface area contributed by atoms with E-state index in [0.29, 0.717) is 27.6 Å². The van der Waals surface area contributed by atoms with Crippen molar-refractivity contribution in [2.45, 2.75) is 46.8 Å². The minimum atomic E-state index is -1.13. The number of pyridine rings is 1. The van der Waals surface area contributed by atoms with Crippen molar-refractivity contribution in [3.05, 3.63) is 46.6 Å². The Hall–Kier alpha value is -2.31. The maximum Gasteiger partial charge on any atom is 0.229 e. The van der Waals surface area contributed by atoms with Crippen LogP contribution in [0.2, 0.25) is 5.02 Å². The zero-order chi connectivity index (χ0) is 21.1. The summed E-state index contributed by atoms with van der Waals surface area (Å²) in [6, 6.07) is 6.63. The summed E-state index contributed by atoms with van der Waals surface area (Å²) in [6.45, 7) is 9.16. The molecule has 0 aliphatic rings. The molecule has 0 saturated carbocycles. The molecule has 2 N–H and O–H groups in total. The van der Waals surface area contributed by atoms with Gasteiger partial charge in [-0.1, -0.05) is 32.4 Å². The molecule has 28 heavy (non-hydrogen) atoms. The van der Waals surface area contributed by atoms with Crippen LogP contribution >= 0.6 is 11.6 Å². The summed E-state index contributed by atoms with van der Waals surface area (Å²) in [4.78, 5) is 16.8. The van der Waals surface area contributed by atoms with E-state index in [9.17, 15) is 9.90 Å². The van der Waals surface area contributed by atoms with Gasteiger partial charge in [0.15, 0.2) is 0 Å². The average molecular weight is 407 g/mol. The number of nitrogens with zero attached hydrogens (tertiary/aromatic N) is 1. The summed E-state index contributed by atoms with van der Waals surface area (Å²) in [5.74, 6) is 0.460. The van der Waals surface area contributed by atoms with E-state index < -0.39 is 11.5 Å².